The summed E-state index contributed by atoms with van der Waals surface area (Å²) in [7, 11) is 0. The van der Waals surface area contributed by atoms with Crippen LogP contribution in [-0.4, -0.2) is 38.2 Å². The molecule has 0 bridgehead atoms. The van der Waals surface area contributed by atoms with Gasteiger partial charge in [-0.1, -0.05) is 19.3 Å². The topological polar surface area (TPSA) is 51.0 Å². The minimum absolute atomic E-state index is 0.250. The van der Waals surface area contributed by atoms with Crippen molar-refractivity contribution in [1.29, 1.82) is 0 Å². The number of amides is 1. The van der Waals surface area contributed by atoms with Gasteiger partial charge in [0.25, 0.3) is 0 Å². The molecule has 1 amide bonds. The Bertz CT molecular complexity index is 357. The SMILES string of the molecule is CCN(C(=O)CCn1cncn1)C1CCCCC1. The minimum atomic E-state index is 0.250. The van der Waals surface area contributed by atoms with Crippen molar-refractivity contribution in [2.75, 3.05) is 6.54 Å². The summed E-state index contributed by atoms with van der Waals surface area (Å²) < 4.78 is 1.71. The lowest BCUT2D eigenvalue weighted by Gasteiger charge is -2.33. The molecule has 2 rings (SSSR count). The highest BCUT2D eigenvalue weighted by Gasteiger charge is 2.23. The summed E-state index contributed by atoms with van der Waals surface area (Å²) in [6, 6.07) is 0.465. The van der Waals surface area contributed by atoms with Gasteiger partial charge < -0.3 is 4.90 Å². The Balaban J connectivity index is 1.84. The second kappa shape index (κ2) is 6.52. The van der Waals surface area contributed by atoms with Crippen LogP contribution < -0.4 is 0 Å². The summed E-state index contributed by atoms with van der Waals surface area (Å²) in [6.45, 7) is 3.52. The number of carbonyl (C=O) groups is 1. The summed E-state index contributed by atoms with van der Waals surface area (Å²) in [4.78, 5) is 18.2. The van der Waals surface area contributed by atoms with E-state index < -0.39 is 0 Å². The average molecular weight is 250 g/mol. The number of nitrogens with zero attached hydrogens (tertiary/aromatic N) is 4. The van der Waals surface area contributed by atoms with E-state index in [-0.39, 0.29) is 5.91 Å². The molecule has 0 saturated heterocycles. The maximum absolute atomic E-state index is 12.2. The highest BCUT2D eigenvalue weighted by molar-refractivity contribution is 5.76. The molecule has 100 valence electrons. The summed E-state index contributed by atoms with van der Waals surface area (Å²) in [5.74, 6) is 0.250. The van der Waals surface area contributed by atoms with Gasteiger partial charge in [-0.2, -0.15) is 5.10 Å². The molecule has 1 aliphatic carbocycles. The molecule has 1 aliphatic rings. The van der Waals surface area contributed by atoms with Gasteiger partial charge in [0.15, 0.2) is 0 Å². The Morgan fingerprint density at radius 3 is 2.78 bits per heavy atom. The van der Waals surface area contributed by atoms with Crippen molar-refractivity contribution in [2.45, 2.75) is 58.0 Å². The number of rotatable bonds is 5. The van der Waals surface area contributed by atoms with E-state index in [0.717, 1.165) is 6.54 Å². The Morgan fingerprint density at radius 1 is 1.39 bits per heavy atom. The minimum Gasteiger partial charge on any atom is -0.340 e. The van der Waals surface area contributed by atoms with E-state index in [1.807, 2.05) is 0 Å². The van der Waals surface area contributed by atoms with E-state index in [9.17, 15) is 4.79 Å². The van der Waals surface area contributed by atoms with E-state index in [1.54, 1.807) is 11.0 Å². The first-order chi connectivity index (χ1) is 8.81. The number of aromatic nitrogens is 3. The lowest BCUT2D eigenvalue weighted by Crippen LogP contribution is -2.41. The highest BCUT2D eigenvalue weighted by Crippen LogP contribution is 2.22. The molecule has 0 N–H and O–H groups in total. The van der Waals surface area contributed by atoms with Crippen LogP contribution in [-0.2, 0) is 11.3 Å². The molecule has 18 heavy (non-hydrogen) atoms. The van der Waals surface area contributed by atoms with Crippen LogP contribution in [0.1, 0.15) is 45.4 Å². The Kier molecular flexibility index (Phi) is 4.73. The molecule has 5 nitrogen and oxygen atoms in total. The zero-order chi connectivity index (χ0) is 12.8. The van der Waals surface area contributed by atoms with Crippen LogP contribution >= 0.6 is 0 Å². The fourth-order valence-electron chi connectivity index (χ4n) is 2.73. The third-order valence-corrected chi connectivity index (χ3v) is 3.70. The molecule has 0 atom stereocenters. The van der Waals surface area contributed by atoms with Gasteiger partial charge in [0.05, 0.1) is 6.54 Å². The molecular weight excluding hydrogens is 228 g/mol. The van der Waals surface area contributed by atoms with Gasteiger partial charge in [0.2, 0.25) is 5.91 Å². The first kappa shape index (κ1) is 13.1. The zero-order valence-electron chi connectivity index (χ0n) is 11.1. The smallest absolute Gasteiger partial charge is 0.224 e. The fraction of sp³-hybridized carbons (Fsp3) is 0.769. The monoisotopic (exact) mass is 250 g/mol. The predicted octanol–water partition coefficient (Wildman–Crippen LogP) is 1.85. The van der Waals surface area contributed by atoms with Gasteiger partial charge in [0, 0.05) is 19.0 Å². The molecule has 1 aromatic heterocycles. The van der Waals surface area contributed by atoms with Crippen LogP contribution in [0, 0.1) is 0 Å². The highest BCUT2D eigenvalue weighted by atomic mass is 16.2. The van der Waals surface area contributed by atoms with Crippen LogP contribution in [0.5, 0.6) is 0 Å². The van der Waals surface area contributed by atoms with Gasteiger partial charge in [0.1, 0.15) is 12.7 Å². The second-order valence-corrected chi connectivity index (χ2v) is 4.88. The molecule has 1 saturated carbocycles. The molecular formula is C13H22N4O. The van der Waals surface area contributed by atoms with E-state index in [0.29, 0.717) is 19.0 Å². The van der Waals surface area contributed by atoms with Gasteiger partial charge in [-0.15, -0.1) is 0 Å². The molecule has 1 aromatic rings. The molecule has 1 heterocycles. The van der Waals surface area contributed by atoms with E-state index in [4.69, 9.17) is 0 Å². The van der Waals surface area contributed by atoms with Crippen molar-refractivity contribution in [1.82, 2.24) is 19.7 Å². The summed E-state index contributed by atoms with van der Waals surface area (Å²) >= 11 is 0. The van der Waals surface area contributed by atoms with Crippen molar-refractivity contribution < 1.29 is 4.79 Å². The first-order valence-corrected chi connectivity index (χ1v) is 6.93. The average Bonchev–Trinajstić information content (AvgIpc) is 2.92. The lowest BCUT2D eigenvalue weighted by molar-refractivity contribution is -0.134. The van der Waals surface area contributed by atoms with Crippen molar-refractivity contribution in [2.24, 2.45) is 0 Å². The molecule has 0 aliphatic heterocycles. The Morgan fingerprint density at radius 2 is 2.17 bits per heavy atom. The third kappa shape index (κ3) is 3.31. The number of hydrogen-bond acceptors (Lipinski definition) is 3. The molecule has 0 unspecified atom stereocenters. The maximum atomic E-state index is 12.2. The largest absolute Gasteiger partial charge is 0.340 e. The first-order valence-electron chi connectivity index (χ1n) is 6.93. The number of carbonyl (C=O) groups excluding carboxylic acids is 1. The fourth-order valence-corrected chi connectivity index (χ4v) is 2.73. The normalized spacial score (nSPS) is 16.7. The summed E-state index contributed by atoms with van der Waals surface area (Å²) in [6.07, 6.45) is 9.86. The van der Waals surface area contributed by atoms with E-state index >= 15 is 0 Å². The Labute approximate surface area is 108 Å². The van der Waals surface area contributed by atoms with Crippen LogP contribution in [0.15, 0.2) is 12.7 Å². The van der Waals surface area contributed by atoms with Crippen molar-refractivity contribution in [3.05, 3.63) is 12.7 Å². The molecule has 5 heteroatoms. The predicted molar refractivity (Wildman–Crippen MR) is 68.9 cm³/mol. The summed E-state index contributed by atoms with van der Waals surface area (Å²) in [5.41, 5.74) is 0. The van der Waals surface area contributed by atoms with Gasteiger partial charge in [-0.05, 0) is 19.8 Å². The van der Waals surface area contributed by atoms with Gasteiger partial charge in [-0.3, -0.25) is 9.48 Å². The number of aryl methyl sites for hydroxylation is 1. The van der Waals surface area contributed by atoms with Gasteiger partial charge in [-0.25, -0.2) is 4.98 Å². The quantitative estimate of drug-likeness (QED) is 0.801. The number of hydrogen-bond donors (Lipinski definition) is 0. The van der Waals surface area contributed by atoms with Crippen LogP contribution in [0.4, 0.5) is 0 Å². The molecule has 1 fully saturated rings. The lowest BCUT2D eigenvalue weighted by atomic mass is 9.94. The molecule has 0 radical (unpaired) electrons. The standard InChI is InChI=1S/C13H22N4O/c1-2-17(12-6-4-3-5-7-12)13(18)8-9-16-11-14-10-15-16/h10-12H,2-9H2,1H3. The zero-order valence-corrected chi connectivity index (χ0v) is 11.1. The maximum Gasteiger partial charge on any atom is 0.224 e. The van der Waals surface area contributed by atoms with Crippen molar-refractivity contribution in [3.8, 4) is 0 Å². The van der Waals surface area contributed by atoms with Crippen LogP contribution in [0.2, 0.25) is 0 Å². The van der Waals surface area contributed by atoms with Crippen LogP contribution in [0.25, 0.3) is 0 Å². The van der Waals surface area contributed by atoms with Crippen LogP contribution in [0.3, 0.4) is 0 Å². The molecule has 0 spiro atoms. The second-order valence-electron chi connectivity index (χ2n) is 4.88. The third-order valence-electron chi connectivity index (χ3n) is 3.70. The van der Waals surface area contributed by atoms with Gasteiger partial charge >= 0.3 is 0 Å². The van der Waals surface area contributed by atoms with Crippen molar-refractivity contribution >= 4 is 5.91 Å². The molecule has 0 aromatic carbocycles. The van der Waals surface area contributed by atoms with E-state index in [2.05, 4.69) is 21.9 Å². The van der Waals surface area contributed by atoms with E-state index in [1.165, 1.54) is 38.4 Å². The summed E-state index contributed by atoms with van der Waals surface area (Å²) in [5, 5.41) is 4.02. The Hall–Kier alpha value is -1.39. The van der Waals surface area contributed by atoms with Crippen molar-refractivity contribution in [3.63, 3.8) is 0 Å².